The van der Waals surface area contributed by atoms with Crippen LogP contribution in [0.25, 0.3) is 0 Å². The summed E-state index contributed by atoms with van der Waals surface area (Å²) < 4.78 is 5.36. The molecule has 0 radical (unpaired) electrons. The number of carbonyl (C=O) groups excluding carboxylic acids is 1. The van der Waals surface area contributed by atoms with Crippen LogP contribution >= 0.6 is 0 Å². The Labute approximate surface area is 123 Å². The number of nitrogens with zero attached hydrogens (tertiary/aromatic N) is 1. The molecule has 2 N–H and O–H groups in total. The molecule has 0 aromatic rings. The Kier molecular flexibility index (Phi) is 5.85. The summed E-state index contributed by atoms with van der Waals surface area (Å²) in [5.74, 6) is 1.85. The standard InChI is InChI=1S/C16H30N2O2/c1-12(2)10-13-4-3-7-18(11-13)16(19)15(17)14-5-8-20-9-6-14/h12-15H,3-11,17H2,1-2H3. The van der Waals surface area contributed by atoms with Crippen molar-refractivity contribution >= 4 is 5.91 Å². The summed E-state index contributed by atoms with van der Waals surface area (Å²) in [4.78, 5) is 14.6. The quantitative estimate of drug-likeness (QED) is 0.858. The number of nitrogens with two attached hydrogens (primary N) is 1. The number of carbonyl (C=O) groups is 1. The molecule has 4 nitrogen and oxygen atoms in total. The third-order valence-corrected chi connectivity index (χ3v) is 4.69. The van der Waals surface area contributed by atoms with Crippen molar-refractivity contribution in [2.75, 3.05) is 26.3 Å². The van der Waals surface area contributed by atoms with E-state index < -0.39 is 0 Å². The third kappa shape index (κ3) is 4.19. The predicted octanol–water partition coefficient (Wildman–Crippen LogP) is 2.02. The molecule has 0 spiro atoms. The molecule has 0 saturated carbocycles. The van der Waals surface area contributed by atoms with Crippen LogP contribution in [0.5, 0.6) is 0 Å². The van der Waals surface area contributed by atoms with Gasteiger partial charge in [-0.3, -0.25) is 4.79 Å². The van der Waals surface area contributed by atoms with Gasteiger partial charge in [0, 0.05) is 26.3 Å². The molecule has 0 aliphatic carbocycles. The molecule has 2 atom stereocenters. The number of amides is 1. The van der Waals surface area contributed by atoms with Gasteiger partial charge in [-0.05, 0) is 49.9 Å². The lowest BCUT2D eigenvalue weighted by atomic mass is 9.87. The van der Waals surface area contributed by atoms with Crippen LogP contribution in [0.1, 0.15) is 46.0 Å². The van der Waals surface area contributed by atoms with Gasteiger partial charge < -0.3 is 15.4 Å². The smallest absolute Gasteiger partial charge is 0.239 e. The van der Waals surface area contributed by atoms with E-state index in [9.17, 15) is 4.79 Å². The van der Waals surface area contributed by atoms with Gasteiger partial charge >= 0.3 is 0 Å². The Morgan fingerprint density at radius 1 is 1.30 bits per heavy atom. The minimum absolute atomic E-state index is 0.172. The highest BCUT2D eigenvalue weighted by Gasteiger charge is 2.32. The maximum atomic E-state index is 12.6. The molecule has 0 bridgehead atoms. The first-order valence-electron chi connectivity index (χ1n) is 8.20. The average molecular weight is 282 g/mol. The molecule has 0 aromatic carbocycles. The lowest BCUT2D eigenvalue weighted by Gasteiger charge is -2.37. The van der Waals surface area contributed by atoms with Gasteiger partial charge in [-0.15, -0.1) is 0 Å². The van der Waals surface area contributed by atoms with E-state index in [0.717, 1.165) is 45.6 Å². The van der Waals surface area contributed by atoms with Crippen molar-refractivity contribution in [3.05, 3.63) is 0 Å². The second-order valence-corrected chi connectivity index (χ2v) is 6.90. The van der Waals surface area contributed by atoms with E-state index in [4.69, 9.17) is 10.5 Å². The second-order valence-electron chi connectivity index (χ2n) is 6.90. The molecule has 2 rings (SSSR count). The van der Waals surface area contributed by atoms with Crippen LogP contribution in [0.2, 0.25) is 0 Å². The molecule has 2 aliphatic heterocycles. The van der Waals surface area contributed by atoms with Gasteiger partial charge in [-0.2, -0.15) is 0 Å². The maximum Gasteiger partial charge on any atom is 0.239 e. The largest absolute Gasteiger partial charge is 0.381 e. The van der Waals surface area contributed by atoms with E-state index in [1.54, 1.807) is 0 Å². The van der Waals surface area contributed by atoms with Gasteiger partial charge in [0.15, 0.2) is 0 Å². The highest BCUT2D eigenvalue weighted by Crippen LogP contribution is 2.25. The molecular weight excluding hydrogens is 252 g/mol. The minimum Gasteiger partial charge on any atom is -0.381 e. The minimum atomic E-state index is -0.323. The molecule has 2 heterocycles. The molecular formula is C16H30N2O2. The zero-order valence-corrected chi connectivity index (χ0v) is 13.0. The zero-order chi connectivity index (χ0) is 14.5. The number of hydrogen-bond acceptors (Lipinski definition) is 3. The Morgan fingerprint density at radius 2 is 2.00 bits per heavy atom. The van der Waals surface area contributed by atoms with Gasteiger partial charge in [-0.1, -0.05) is 13.8 Å². The number of rotatable bonds is 4. The molecule has 116 valence electrons. The van der Waals surface area contributed by atoms with Crippen molar-refractivity contribution in [3.8, 4) is 0 Å². The average Bonchev–Trinajstić information content (AvgIpc) is 2.46. The molecule has 2 unspecified atom stereocenters. The fourth-order valence-corrected chi connectivity index (χ4v) is 3.61. The highest BCUT2D eigenvalue weighted by molar-refractivity contribution is 5.82. The predicted molar refractivity (Wildman–Crippen MR) is 80.3 cm³/mol. The summed E-state index contributed by atoms with van der Waals surface area (Å²) in [6.07, 6.45) is 5.46. The monoisotopic (exact) mass is 282 g/mol. The molecule has 2 fully saturated rings. The Hall–Kier alpha value is -0.610. The normalized spacial score (nSPS) is 26.8. The number of likely N-dealkylation sites (tertiary alicyclic amines) is 1. The first-order chi connectivity index (χ1) is 9.58. The van der Waals surface area contributed by atoms with E-state index in [2.05, 4.69) is 13.8 Å². The van der Waals surface area contributed by atoms with Gasteiger partial charge in [0.25, 0.3) is 0 Å². The third-order valence-electron chi connectivity index (χ3n) is 4.69. The van der Waals surface area contributed by atoms with Crippen LogP contribution in [-0.4, -0.2) is 43.2 Å². The lowest BCUT2D eigenvalue weighted by molar-refractivity contribution is -0.136. The Balaban J connectivity index is 1.87. The SMILES string of the molecule is CC(C)CC1CCCN(C(=O)C(N)C2CCOCC2)C1. The van der Waals surface area contributed by atoms with Crippen molar-refractivity contribution in [3.63, 3.8) is 0 Å². The number of piperidine rings is 1. The molecule has 0 aromatic heterocycles. The van der Waals surface area contributed by atoms with Crippen molar-refractivity contribution in [1.82, 2.24) is 4.90 Å². The van der Waals surface area contributed by atoms with Crippen molar-refractivity contribution in [1.29, 1.82) is 0 Å². The summed E-state index contributed by atoms with van der Waals surface area (Å²) in [6.45, 7) is 7.82. The van der Waals surface area contributed by atoms with E-state index in [1.807, 2.05) is 4.90 Å². The van der Waals surface area contributed by atoms with Gasteiger partial charge in [-0.25, -0.2) is 0 Å². The number of hydrogen-bond donors (Lipinski definition) is 1. The fraction of sp³-hybridized carbons (Fsp3) is 0.938. The van der Waals surface area contributed by atoms with Crippen LogP contribution < -0.4 is 5.73 Å². The second kappa shape index (κ2) is 7.41. The molecule has 1 amide bonds. The lowest BCUT2D eigenvalue weighted by Crippen LogP contribution is -2.51. The summed E-state index contributed by atoms with van der Waals surface area (Å²) in [5.41, 5.74) is 6.22. The first-order valence-corrected chi connectivity index (χ1v) is 8.20. The van der Waals surface area contributed by atoms with Crippen LogP contribution in [0.15, 0.2) is 0 Å². The van der Waals surface area contributed by atoms with Crippen LogP contribution in [0.3, 0.4) is 0 Å². The summed E-state index contributed by atoms with van der Waals surface area (Å²) in [7, 11) is 0. The van der Waals surface area contributed by atoms with Crippen molar-refractivity contribution in [2.24, 2.45) is 23.5 Å². The van der Waals surface area contributed by atoms with E-state index in [-0.39, 0.29) is 11.9 Å². The van der Waals surface area contributed by atoms with Crippen LogP contribution in [0.4, 0.5) is 0 Å². The number of ether oxygens (including phenoxy) is 1. The highest BCUT2D eigenvalue weighted by atomic mass is 16.5. The molecule has 2 saturated heterocycles. The van der Waals surface area contributed by atoms with Crippen molar-refractivity contribution in [2.45, 2.75) is 52.0 Å². The zero-order valence-electron chi connectivity index (χ0n) is 13.0. The van der Waals surface area contributed by atoms with Crippen LogP contribution in [0, 0.1) is 17.8 Å². The molecule has 2 aliphatic rings. The molecule has 20 heavy (non-hydrogen) atoms. The topological polar surface area (TPSA) is 55.6 Å². The van der Waals surface area contributed by atoms with E-state index in [0.29, 0.717) is 17.8 Å². The fourth-order valence-electron chi connectivity index (χ4n) is 3.61. The Morgan fingerprint density at radius 3 is 2.65 bits per heavy atom. The van der Waals surface area contributed by atoms with Gasteiger partial charge in [0.1, 0.15) is 0 Å². The van der Waals surface area contributed by atoms with E-state index in [1.165, 1.54) is 12.8 Å². The van der Waals surface area contributed by atoms with Crippen LogP contribution in [-0.2, 0) is 9.53 Å². The first kappa shape index (κ1) is 15.8. The Bertz CT molecular complexity index is 314. The van der Waals surface area contributed by atoms with Gasteiger partial charge in [0.05, 0.1) is 6.04 Å². The van der Waals surface area contributed by atoms with Gasteiger partial charge in [0.2, 0.25) is 5.91 Å². The summed E-state index contributed by atoms with van der Waals surface area (Å²) in [6, 6.07) is -0.323. The summed E-state index contributed by atoms with van der Waals surface area (Å²) in [5, 5.41) is 0. The maximum absolute atomic E-state index is 12.6. The molecule has 4 heteroatoms. The summed E-state index contributed by atoms with van der Waals surface area (Å²) >= 11 is 0. The van der Waals surface area contributed by atoms with E-state index >= 15 is 0 Å². The van der Waals surface area contributed by atoms with Crippen molar-refractivity contribution < 1.29 is 9.53 Å².